The molecule has 3 rings (SSSR count). The molecule has 2 nitrogen and oxygen atoms in total. The van der Waals surface area contributed by atoms with Crippen molar-refractivity contribution < 1.29 is 9.13 Å². The summed E-state index contributed by atoms with van der Waals surface area (Å²) >= 11 is 0. The van der Waals surface area contributed by atoms with E-state index < -0.39 is 0 Å². The number of ether oxygens (including phenoxy) is 1. The molecule has 1 atom stereocenters. The molecule has 110 valence electrons. The molecule has 1 aromatic rings. The fraction of sp³-hybridized carbons (Fsp3) is 0.647. The average Bonchev–Trinajstić information content (AvgIpc) is 2.41. The molecule has 0 radical (unpaired) electrons. The van der Waals surface area contributed by atoms with Crippen LogP contribution in [0.5, 0.6) is 5.75 Å². The number of halogens is 1. The second-order valence-corrected chi connectivity index (χ2v) is 6.51. The van der Waals surface area contributed by atoms with E-state index in [1.807, 2.05) is 0 Å². The zero-order chi connectivity index (χ0) is 14.2. The van der Waals surface area contributed by atoms with Crippen LogP contribution in [0.4, 0.5) is 4.39 Å². The molecule has 0 saturated heterocycles. The molecule has 2 aliphatic rings. The molecule has 0 bridgehead atoms. The van der Waals surface area contributed by atoms with E-state index in [0.717, 1.165) is 30.7 Å². The maximum atomic E-state index is 13.4. The fourth-order valence-electron chi connectivity index (χ4n) is 3.90. The smallest absolute Gasteiger partial charge is 0.127 e. The van der Waals surface area contributed by atoms with Gasteiger partial charge in [-0.05, 0) is 37.7 Å². The maximum Gasteiger partial charge on any atom is 0.127 e. The third kappa shape index (κ3) is 2.56. The molecule has 1 aliphatic heterocycles. The zero-order valence-electron chi connectivity index (χ0n) is 12.2. The van der Waals surface area contributed by atoms with Gasteiger partial charge < -0.3 is 10.5 Å². The minimum Gasteiger partial charge on any atom is -0.487 e. The largest absolute Gasteiger partial charge is 0.487 e. The van der Waals surface area contributed by atoms with E-state index in [2.05, 4.69) is 6.92 Å². The van der Waals surface area contributed by atoms with E-state index in [-0.39, 0.29) is 17.5 Å². The summed E-state index contributed by atoms with van der Waals surface area (Å²) in [7, 11) is 0. The summed E-state index contributed by atoms with van der Waals surface area (Å²) in [6.45, 7) is 2.25. The van der Waals surface area contributed by atoms with Gasteiger partial charge >= 0.3 is 0 Å². The average molecular weight is 277 g/mol. The van der Waals surface area contributed by atoms with Crippen LogP contribution in [-0.4, -0.2) is 5.60 Å². The molecule has 1 aromatic carbocycles. The second kappa shape index (κ2) is 5.36. The molecule has 20 heavy (non-hydrogen) atoms. The molecule has 1 saturated carbocycles. The third-order valence-corrected chi connectivity index (χ3v) is 5.01. The van der Waals surface area contributed by atoms with Crippen LogP contribution in [-0.2, 0) is 0 Å². The van der Waals surface area contributed by atoms with Crippen molar-refractivity contribution >= 4 is 0 Å². The Morgan fingerprint density at radius 1 is 1.35 bits per heavy atom. The zero-order valence-corrected chi connectivity index (χ0v) is 12.2. The monoisotopic (exact) mass is 277 g/mol. The molecule has 0 amide bonds. The van der Waals surface area contributed by atoms with Gasteiger partial charge in [0.1, 0.15) is 17.2 Å². The van der Waals surface area contributed by atoms with Crippen molar-refractivity contribution in [3.63, 3.8) is 0 Å². The van der Waals surface area contributed by atoms with Crippen molar-refractivity contribution in [3.05, 3.63) is 29.6 Å². The van der Waals surface area contributed by atoms with Gasteiger partial charge in [-0.25, -0.2) is 4.39 Å². The van der Waals surface area contributed by atoms with Crippen molar-refractivity contribution in [1.82, 2.24) is 0 Å². The highest BCUT2D eigenvalue weighted by Gasteiger charge is 2.42. The van der Waals surface area contributed by atoms with Crippen LogP contribution in [0.25, 0.3) is 0 Å². The van der Waals surface area contributed by atoms with Gasteiger partial charge in [0.15, 0.2) is 0 Å². The number of rotatable bonds is 2. The molecule has 1 spiro atoms. The van der Waals surface area contributed by atoms with Crippen molar-refractivity contribution in [2.24, 2.45) is 11.7 Å². The predicted octanol–water partition coefficient (Wildman–Crippen LogP) is 4.34. The summed E-state index contributed by atoms with van der Waals surface area (Å²) in [4.78, 5) is 0. The molecule has 1 fully saturated rings. The van der Waals surface area contributed by atoms with Crippen LogP contribution in [0.2, 0.25) is 0 Å². The van der Waals surface area contributed by atoms with Crippen molar-refractivity contribution in [1.29, 1.82) is 0 Å². The Hall–Kier alpha value is -1.09. The number of fused-ring (bicyclic) bond motifs is 1. The van der Waals surface area contributed by atoms with Crippen LogP contribution in [0.3, 0.4) is 0 Å². The molecule has 0 unspecified atom stereocenters. The van der Waals surface area contributed by atoms with Crippen LogP contribution < -0.4 is 10.5 Å². The Morgan fingerprint density at radius 2 is 2.10 bits per heavy atom. The van der Waals surface area contributed by atoms with E-state index in [9.17, 15) is 4.39 Å². The Kier molecular flexibility index (Phi) is 3.72. The number of nitrogens with two attached hydrogens (primary N) is 1. The third-order valence-electron chi connectivity index (χ3n) is 5.01. The van der Waals surface area contributed by atoms with Gasteiger partial charge in [0, 0.05) is 24.1 Å². The number of benzene rings is 1. The highest BCUT2D eigenvalue weighted by Crippen LogP contribution is 2.47. The van der Waals surface area contributed by atoms with E-state index in [1.165, 1.54) is 37.8 Å². The first-order valence-electron chi connectivity index (χ1n) is 7.86. The van der Waals surface area contributed by atoms with Gasteiger partial charge in [0.25, 0.3) is 0 Å². The van der Waals surface area contributed by atoms with E-state index in [0.29, 0.717) is 5.75 Å². The summed E-state index contributed by atoms with van der Waals surface area (Å²) in [6.07, 6.45) is 7.98. The summed E-state index contributed by atoms with van der Waals surface area (Å²) < 4.78 is 19.6. The summed E-state index contributed by atoms with van der Waals surface area (Å²) in [5.74, 6) is 1.25. The molecule has 0 aromatic heterocycles. The minimum absolute atomic E-state index is 0.0259. The van der Waals surface area contributed by atoms with E-state index in [1.54, 1.807) is 6.07 Å². The SMILES string of the molecule is CCCC1CCC2(CC1)C[C@H](N)c1ccc(F)cc1O2. The summed E-state index contributed by atoms with van der Waals surface area (Å²) in [5.41, 5.74) is 7.10. The van der Waals surface area contributed by atoms with Crippen LogP contribution in [0.1, 0.15) is 63.5 Å². The molecule has 1 aliphatic carbocycles. The number of hydrogen-bond acceptors (Lipinski definition) is 2. The van der Waals surface area contributed by atoms with Gasteiger partial charge in [-0.1, -0.05) is 25.8 Å². The second-order valence-electron chi connectivity index (χ2n) is 6.51. The summed E-state index contributed by atoms with van der Waals surface area (Å²) in [5, 5.41) is 0. The lowest BCUT2D eigenvalue weighted by atomic mass is 9.72. The minimum atomic E-state index is -0.243. The van der Waals surface area contributed by atoms with Crippen molar-refractivity contribution in [3.8, 4) is 5.75 Å². The van der Waals surface area contributed by atoms with Gasteiger partial charge in [-0.3, -0.25) is 0 Å². The first-order valence-corrected chi connectivity index (χ1v) is 7.86. The van der Waals surface area contributed by atoms with Crippen molar-refractivity contribution in [2.45, 2.75) is 63.5 Å². The number of hydrogen-bond donors (Lipinski definition) is 1. The predicted molar refractivity (Wildman–Crippen MR) is 78.2 cm³/mol. The topological polar surface area (TPSA) is 35.2 Å². The fourth-order valence-corrected chi connectivity index (χ4v) is 3.90. The van der Waals surface area contributed by atoms with Crippen LogP contribution in [0.15, 0.2) is 18.2 Å². The highest BCUT2D eigenvalue weighted by atomic mass is 19.1. The Morgan fingerprint density at radius 3 is 2.80 bits per heavy atom. The first kappa shape index (κ1) is 13.9. The van der Waals surface area contributed by atoms with E-state index in [4.69, 9.17) is 10.5 Å². The normalized spacial score (nSPS) is 32.8. The maximum absolute atomic E-state index is 13.4. The Balaban J connectivity index is 1.77. The lowest BCUT2D eigenvalue weighted by Crippen LogP contribution is -2.45. The van der Waals surface area contributed by atoms with Gasteiger partial charge in [-0.2, -0.15) is 0 Å². The van der Waals surface area contributed by atoms with Gasteiger partial charge in [0.2, 0.25) is 0 Å². The Bertz CT molecular complexity index is 480. The van der Waals surface area contributed by atoms with Gasteiger partial charge in [-0.15, -0.1) is 0 Å². The first-order chi connectivity index (χ1) is 9.62. The molecular weight excluding hydrogens is 253 g/mol. The molecule has 2 N–H and O–H groups in total. The molecule has 1 heterocycles. The van der Waals surface area contributed by atoms with E-state index >= 15 is 0 Å². The van der Waals surface area contributed by atoms with Crippen LogP contribution in [0, 0.1) is 11.7 Å². The lowest BCUT2D eigenvalue weighted by molar-refractivity contribution is -0.0118. The van der Waals surface area contributed by atoms with Crippen LogP contribution >= 0.6 is 0 Å². The summed E-state index contributed by atoms with van der Waals surface area (Å²) in [6, 6.07) is 4.71. The highest BCUT2D eigenvalue weighted by molar-refractivity contribution is 5.39. The van der Waals surface area contributed by atoms with Crippen molar-refractivity contribution in [2.75, 3.05) is 0 Å². The molecular formula is C17H24FNO. The Labute approximate surface area is 120 Å². The van der Waals surface area contributed by atoms with Gasteiger partial charge in [0.05, 0.1) is 0 Å². The standard InChI is InChI=1S/C17H24FNO/c1-2-3-12-6-8-17(9-7-12)11-15(19)14-5-4-13(18)10-16(14)20-17/h4-5,10,12,15H,2-3,6-9,11,19H2,1H3/t12?,15-,17?/m0/s1. The quantitative estimate of drug-likeness (QED) is 0.873. The molecule has 3 heteroatoms. The lowest BCUT2D eigenvalue weighted by Gasteiger charge is -2.45.